The molecule has 1 heterocycles. The Labute approximate surface area is 106 Å². The second-order valence-corrected chi connectivity index (χ2v) is 4.72. The van der Waals surface area contributed by atoms with Crippen LogP contribution in [0.15, 0.2) is 36.4 Å². The molecular formula is C15H15FN2. The molecule has 1 aliphatic heterocycles. The number of halogens is 1. The molecule has 3 rings (SSSR count). The third kappa shape index (κ3) is 1.72. The number of nitrogens with two attached hydrogens (primary N) is 1. The van der Waals surface area contributed by atoms with E-state index in [2.05, 4.69) is 4.90 Å². The van der Waals surface area contributed by atoms with Crippen LogP contribution >= 0.6 is 0 Å². The Balaban J connectivity index is 2.11. The van der Waals surface area contributed by atoms with Crippen LogP contribution in [0, 0.1) is 12.7 Å². The highest BCUT2D eigenvalue weighted by molar-refractivity contribution is 5.74. The molecule has 0 amide bonds. The summed E-state index contributed by atoms with van der Waals surface area (Å²) in [6.07, 6.45) is 0.948. The first-order valence-electron chi connectivity index (χ1n) is 6.07. The number of hydrogen-bond acceptors (Lipinski definition) is 2. The molecule has 2 nitrogen and oxygen atoms in total. The van der Waals surface area contributed by atoms with E-state index in [1.54, 1.807) is 6.07 Å². The largest absolute Gasteiger partial charge is 0.399 e. The van der Waals surface area contributed by atoms with Crippen molar-refractivity contribution in [2.45, 2.75) is 13.3 Å². The average Bonchev–Trinajstić information content (AvgIpc) is 2.75. The zero-order chi connectivity index (χ0) is 12.7. The summed E-state index contributed by atoms with van der Waals surface area (Å²) in [5.74, 6) is -0.192. The Morgan fingerprint density at radius 1 is 1.11 bits per heavy atom. The molecule has 0 bridgehead atoms. The van der Waals surface area contributed by atoms with Gasteiger partial charge in [0.05, 0.1) is 0 Å². The van der Waals surface area contributed by atoms with E-state index in [-0.39, 0.29) is 5.82 Å². The summed E-state index contributed by atoms with van der Waals surface area (Å²) >= 11 is 0. The van der Waals surface area contributed by atoms with Gasteiger partial charge in [0.15, 0.2) is 0 Å². The molecule has 2 aromatic rings. The zero-order valence-electron chi connectivity index (χ0n) is 10.3. The lowest BCUT2D eigenvalue weighted by Crippen LogP contribution is -2.14. The fourth-order valence-electron chi connectivity index (χ4n) is 2.52. The molecule has 92 valence electrons. The fraction of sp³-hybridized carbons (Fsp3) is 0.200. The average molecular weight is 242 g/mol. The van der Waals surface area contributed by atoms with Gasteiger partial charge >= 0.3 is 0 Å². The van der Waals surface area contributed by atoms with Crippen LogP contribution in [0.2, 0.25) is 0 Å². The number of nitrogen functional groups attached to an aromatic ring is 1. The minimum Gasteiger partial charge on any atom is -0.399 e. The Bertz CT molecular complexity index is 607. The molecule has 3 heteroatoms. The van der Waals surface area contributed by atoms with Gasteiger partial charge in [0.2, 0.25) is 0 Å². The normalized spacial score (nSPS) is 13.8. The van der Waals surface area contributed by atoms with E-state index in [0.717, 1.165) is 35.6 Å². The molecule has 1 aliphatic rings. The number of fused-ring (bicyclic) bond motifs is 1. The van der Waals surface area contributed by atoms with Crippen LogP contribution in [0.5, 0.6) is 0 Å². The van der Waals surface area contributed by atoms with Crippen molar-refractivity contribution in [1.82, 2.24) is 0 Å². The number of anilines is 3. The van der Waals surface area contributed by atoms with Crippen molar-refractivity contribution in [1.29, 1.82) is 0 Å². The number of benzene rings is 2. The second kappa shape index (κ2) is 4.02. The maximum Gasteiger partial charge on any atom is 0.125 e. The molecule has 0 saturated heterocycles. The van der Waals surface area contributed by atoms with Crippen molar-refractivity contribution < 1.29 is 4.39 Å². The molecule has 2 aromatic carbocycles. The van der Waals surface area contributed by atoms with Crippen molar-refractivity contribution in [2.75, 3.05) is 17.2 Å². The lowest BCUT2D eigenvalue weighted by Gasteiger charge is -2.22. The quantitative estimate of drug-likeness (QED) is 0.776. The maximum atomic E-state index is 13.4. The number of nitrogens with zero attached hydrogens (tertiary/aromatic N) is 1. The van der Waals surface area contributed by atoms with Gasteiger partial charge in [0.1, 0.15) is 5.82 Å². The van der Waals surface area contributed by atoms with Gasteiger partial charge in [0, 0.05) is 23.6 Å². The van der Waals surface area contributed by atoms with Crippen LogP contribution in [-0.2, 0) is 6.42 Å². The van der Waals surface area contributed by atoms with Crippen LogP contribution < -0.4 is 10.6 Å². The van der Waals surface area contributed by atoms with Crippen molar-refractivity contribution >= 4 is 17.1 Å². The Morgan fingerprint density at radius 2 is 1.94 bits per heavy atom. The van der Waals surface area contributed by atoms with Gasteiger partial charge in [0.25, 0.3) is 0 Å². The third-order valence-electron chi connectivity index (χ3n) is 3.47. The smallest absolute Gasteiger partial charge is 0.125 e. The monoisotopic (exact) mass is 242 g/mol. The highest BCUT2D eigenvalue weighted by Crippen LogP contribution is 2.37. The lowest BCUT2D eigenvalue weighted by molar-refractivity contribution is 0.628. The molecule has 18 heavy (non-hydrogen) atoms. The van der Waals surface area contributed by atoms with E-state index in [9.17, 15) is 4.39 Å². The molecule has 0 unspecified atom stereocenters. The fourth-order valence-corrected chi connectivity index (χ4v) is 2.52. The standard InChI is InChI=1S/C15H15FN2/c1-10-2-5-13(17)9-14(10)18-7-6-11-3-4-12(16)8-15(11)18/h2-5,8-9H,6-7,17H2,1H3. The van der Waals surface area contributed by atoms with E-state index in [4.69, 9.17) is 5.73 Å². The van der Waals surface area contributed by atoms with Gasteiger partial charge in [-0.25, -0.2) is 4.39 Å². The molecule has 0 radical (unpaired) electrons. The summed E-state index contributed by atoms with van der Waals surface area (Å²) in [4.78, 5) is 2.14. The molecular weight excluding hydrogens is 227 g/mol. The second-order valence-electron chi connectivity index (χ2n) is 4.72. The molecule has 0 spiro atoms. The molecule has 0 aromatic heterocycles. The minimum absolute atomic E-state index is 0.192. The van der Waals surface area contributed by atoms with E-state index in [1.165, 1.54) is 11.6 Å². The van der Waals surface area contributed by atoms with Crippen molar-refractivity contribution in [3.05, 3.63) is 53.3 Å². The number of rotatable bonds is 1. The molecule has 0 saturated carbocycles. The SMILES string of the molecule is Cc1ccc(N)cc1N1CCc2ccc(F)cc21. The van der Waals surface area contributed by atoms with E-state index >= 15 is 0 Å². The topological polar surface area (TPSA) is 29.3 Å². The summed E-state index contributed by atoms with van der Waals surface area (Å²) in [5, 5.41) is 0. The van der Waals surface area contributed by atoms with E-state index in [1.807, 2.05) is 31.2 Å². The molecule has 0 fully saturated rings. The zero-order valence-corrected chi connectivity index (χ0v) is 10.3. The summed E-state index contributed by atoms with van der Waals surface area (Å²) in [5.41, 5.74) is 11.0. The van der Waals surface area contributed by atoms with Gasteiger partial charge < -0.3 is 10.6 Å². The van der Waals surface area contributed by atoms with Gasteiger partial charge in [-0.05, 0) is 48.7 Å². The molecule has 2 N–H and O–H groups in total. The minimum atomic E-state index is -0.192. The molecule has 0 atom stereocenters. The number of hydrogen-bond donors (Lipinski definition) is 1. The van der Waals surface area contributed by atoms with Gasteiger partial charge in [-0.2, -0.15) is 0 Å². The maximum absolute atomic E-state index is 13.4. The van der Waals surface area contributed by atoms with Crippen LogP contribution in [0.1, 0.15) is 11.1 Å². The van der Waals surface area contributed by atoms with Gasteiger partial charge in [-0.1, -0.05) is 12.1 Å². The lowest BCUT2D eigenvalue weighted by atomic mass is 10.1. The predicted molar refractivity (Wildman–Crippen MR) is 72.7 cm³/mol. The van der Waals surface area contributed by atoms with Gasteiger partial charge in [-0.15, -0.1) is 0 Å². The Morgan fingerprint density at radius 3 is 2.78 bits per heavy atom. The highest BCUT2D eigenvalue weighted by Gasteiger charge is 2.22. The van der Waals surface area contributed by atoms with Crippen LogP contribution in [-0.4, -0.2) is 6.54 Å². The van der Waals surface area contributed by atoms with Crippen molar-refractivity contribution in [2.24, 2.45) is 0 Å². The summed E-state index contributed by atoms with van der Waals surface area (Å²) in [6, 6.07) is 10.8. The van der Waals surface area contributed by atoms with Crippen molar-refractivity contribution in [3.8, 4) is 0 Å². The highest BCUT2D eigenvalue weighted by atomic mass is 19.1. The Hall–Kier alpha value is -2.03. The molecule has 0 aliphatic carbocycles. The summed E-state index contributed by atoms with van der Waals surface area (Å²) in [6.45, 7) is 2.93. The van der Waals surface area contributed by atoms with Crippen LogP contribution in [0.3, 0.4) is 0 Å². The third-order valence-corrected chi connectivity index (χ3v) is 3.47. The predicted octanol–water partition coefficient (Wildman–Crippen LogP) is 3.41. The summed E-state index contributed by atoms with van der Waals surface area (Å²) < 4.78 is 13.4. The van der Waals surface area contributed by atoms with Crippen LogP contribution in [0.25, 0.3) is 0 Å². The van der Waals surface area contributed by atoms with Crippen molar-refractivity contribution in [3.63, 3.8) is 0 Å². The van der Waals surface area contributed by atoms with Gasteiger partial charge in [-0.3, -0.25) is 0 Å². The van der Waals surface area contributed by atoms with Crippen LogP contribution in [0.4, 0.5) is 21.5 Å². The van der Waals surface area contributed by atoms with E-state index < -0.39 is 0 Å². The first-order valence-corrected chi connectivity index (χ1v) is 6.07. The number of aryl methyl sites for hydroxylation is 1. The first kappa shape index (κ1) is 11.1. The summed E-state index contributed by atoms with van der Waals surface area (Å²) in [7, 11) is 0. The Kier molecular flexibility index (Phi) is 2.47. The van der Waals surface area contributed by atoms with E-state index in [0.29, 0.717) is 0 Å². The first-order chi connectivity index (χ1) is 8.65.